The summed E-state index contributed by atoms with van der Waals surface area (Å²) in [6, 6.07) is 0.330. The fourth-order valence-corrected chi connectivity index (χ4v) is 4.47. The highest BCUT2D eigenvalue weighted by atomic mass is 32.2. The maximum atomic E-state index is 6.36. The highest BCUT2D eigenvalue weighted by Crippen LogP contribution is 2.41. The molecule has 2 N–H and O–H groups in total. The zero-order chi connectivity index (χ0) is 12.8. The van der Waals surface area contributed by atoms with Crippen LogP contribution in [-0.4, -0.2) is 43.0 Å². The lowest BCUT2D eigenvalue weighted by molar-refractivity contribution is -0.0837. The van der Waals surface area contributed by atoms with Crippen LogP contribution in [0.5, 0.6) is 0 Å². The van der Waals surface area contributed by atoms with Gasteiger partial charge in [-0.15, -0.1) is 0 Å². The summed E-state index contributed by atoms with van der Waals surface area (Å²) in [7, 11) is 0. The molecule has 3 unspecified atom stereocenters. The molecular formula is C14H27NO2S. The zero-order valence-electron chi connectivity index (χ0n) is 11.5. The minimum absolute atomic E-state index is 0.172. The van der Waals surface area contributed by atoms with Gasteiger partial charge in [0.1, 0.15) is 0 Å². The topological polar surface area (TPSA) is 44.5 Å². The van der Waals surface area contributed by atoms with E-state index < -0.39 is 0 Å². The van der Waals surface area contributed by atoms with Crippen molar-refractivity contribution in [2.24, 2.45) is 11.7 Å². The minimum Gasteiger partial charge on any atom is -0.382 e. The Hall–Kier alpha value is 0.230. The molecule has 2 aliphatic rings. The molecule has 3 atom stereocenters. The third-order valence-electron chi connectivity index (χ3n) is 4.23. The van der Waals surface area contributed by atoms with E-state index in [4.69, 9.17) is 15.2 Å². The highest BCUT2D eigenvalue weighted by molar-refractivity contribution is 7.99. The first kappa shape index (κ1) is 14.6. The first-order chi connectivity index (χ1) is 8.76. The lowest BCUT2D eigenvalue weighted by Gasteiger charge is -2.40. The van der Waals surface area contributed by atoms with Gasteiger partial charge in [0.2, 0.25) is 0 Å². The fraction of sp³-hybridized carbons (Fsp3) is 1.00. The van der Waals surface area contributed by atoms with Gasteiger partial charge in [-0.3, -0.25) is 0 Å². The van der Waals surface area contributed by atoms with E-state index in [1.54, 1.807) is 0 Å². The first-order valence-corrected chi connectivity index (χ1v) is 8.46. The molecule has 0 aliphatic carbocycles. The Bertz CT molecular complexity index is 244. The van der Waals surface area contributed by atoms with E-state index in [0.29, 0.717) is 12.0 Å². The monoisotopic (exact) mass is 273 g/mol. The fourth-order valence-electron chi connectivity index (χ4n) is 3.10. The van der Waals surface area contributed by atoms with E-state index in [1.165, 1.54) is 24.3 Å². The third-order valence-corrected chi connectivity index (χ3v) is 5.46. The van der Waals surface area contributed by atoms with E-state index >= 15 is 0 Å². The predicted octanol–water partition coefficient (Wildman–Crippen LogP) is 2.43. The summed E-state index contributed by atoms with van der Waals surface area (Å²) in [6.45, 7) is 4.62. The van der Waals surface area contributed by atoms with E-state index in [2.05, 4.69) is 0 Å². The van der Waals surface area contributed by atoms with Gasteiger partial charge in [0.15, 0.2) is 0 Å². The number of ether oxygens (including phenoxy) is 2. The van der Waals surface area contributed by atoms with E-state index in [-0.39, 0.29) is 5.60 Å². The molecule has 0 amide bonds. The van der Waals surface area contributed by atoms with Crippen molar-refractivity contribution < 1.29 is 9.47 Å². The van der Waals surface area contributed by atoms with Crippen molar-refractivity contribution in [3.63, 3.8) is 0 Å². The molecule has 2 saturated heterocycles. The van der Waals surface area contributed by atoms with E-state index in [0.717, 1.165) is 39.1 Å². The number of hydrogen-bond acceptors (Lipinski definition) is 4. The lowest BCUT2D eigenvalue weighted by Crippen LogP contribution is -2.45. The van der Waals surface area contributed by atoms with Gasteiger partial charge in [-0.2, -0.15) is 11.8 Å². The van der Waals surface area contributed by atoms with Crippen LogP contribution in [0.4, 0.5) is 0 Å². The smallest absolute Gasteiger partial charge is 0.0783 e. The van der Waals surface area contributed by atoms with Crippen molar-refractivity contribution in [1.29, 1.82) is 0 Å². The zero-order valence-corrected chi connectivity index (χ0v) is 12.3. The van der Waals surface area contributed by atoms with Crippen molar-refractivity contribution in [1.82, 2.24) is 0 Å². The number of rotatable bonds is 6. The van der Waals surface area contributed by atoms with Gasteiger partial charge in [-0.1, -0.05) is 0 Å². The molecule has 0 radical (unpaired) electrons. The summed E-state index contributed by atoms with van der Waals surface area (Å²) in [4.78, 5) is 0. The largest absolute Gasteiger partial charge is 0.382 e. The second-order valence-corrected chi connectivity index (χ2v) is 6.70. The molecular weight excluding hydrogens is 246 g/mol. The first-order valence-electron chi connectivity index (χ1n) is 7.31. The predicted molar refractivity (Wildman–Crippen MR) is 77.1 cm³/mol. The second kappa shape index (κ2) is 7.13. The molecule has 2 aliphatic heterocycles. The minimum atomic E-state index is 0.172. The Kier molecular flexibility index (Phi) is 5.80. The molecule has 0 aromatic heterocycles. The van der Waals surface area contributed by atoms with Crippen LogP contribution in [0.25, 0.3) is 0 Å². The van der Waals surface area contributed by atoms with Crippen LogP contribution in [0.1, 0.15) is 39.0 Å². The molecule has 18 heavy (non-hydrogen) atoms. The van der Waals surface area contributed by atoms with Gasteiger partial charge in [0.25, 0.3) is 0 Å². The Labute approximate surface area is 115 Å². The van der Waals surface area contributed by atoms with Crippen molar-refractivity contribution in [2.45, 2.75) is 50.7 Å². The molecule has 106 valence electrons. The summed E-state index contributed by atoms with van der Waals surface area (Å²) in [5.74, 6) is 3.08. The van der Waals surface area contributed by atoms with Crippen LogP contribution < -0.4 is 5.73 Å². The Morgan fingerprint density at radius 2 is 2.44 bits per heavy atom. The molecule has 1 spiro atoms. The van der Waals surface area contributed by atoms with Gasteiger partial charge in [-0.05, 0) is 50.7 Å². The molecule has 3 nitrogen and oxygen atoms in total. The van der Waals surface area contributed by atoms with Crippen LogP contribution in [0.2, 0.25) is 0 Å². The van der Waals surface area contributed by atoms with Gasteiger partial charge in [0.05, 0.1) is 5.60 Å². The molecule has 0 saturated carbocycles. The Morgan fingerprint density at radius 3 is 3.17 bits per heavy atom. The van der Waals surface area contributed by atoms with Crippen LogP contribution in [0, 0.1) is 5.92 Å². The summed E-state index contributed by atoms with van der Waals surface area (Å²) in [5.41, 5.74) is 6.54. The van der Waals surface area contributed by atoms with Crippen LogP contribution >= 0.6 is 11.8 Å². The van der Waals surface area contributed by atoms with Crippen LogP contribution in [0.3, 0.4) is 0 Å². The maximum absolute atomic E-state index is 6.36. The van der Waals surface area contributed by atoms with Crippen molar-refractivity contribution in [2.75, 3.05) is 31.3 Å². The normalized spacial score (nSPS) is 34.0. The maximum Gasteiger partial charge on any atom is 0.0783 e. The molecule has 2 fully saturated rings. The molecule has 4 heteroatoms. The van der Waals surface area contributed by atoms with Crippen molar-refractivity contribution >= 4 is 11.8 Å². The summed E-state index contributed by atoms with van der Waals surface area (Å²) >= 11 is 2.03. The lowest BCUT2D eigenvalue weighted by atomic mass is 9.80. The van der Waals surface area contributed by atoms with Gasteiger partial charge in [-0.25, -0.2) is 0 Å². The highest BCUT2D eigenvalue weighted by Gasteiger charge is 2.41. The van der Waals surface area contributed by atoms with Crippen LogP contribution in [-0.2, 0) is 9.47 Å². The standard InChI is InChI=1S/C14H27NO2S/c1-2-16-7-3-4-13(15)12-5-8-17-14(10-12)6-9-18-11-14/h12-13H,2-11,15H2,1H3. The number of thioether (sulfide) groups is 1. The average molecular weight is 273 g/mol. The van der Waals surface area contributed by atoms with E-state index in [9.17, 15) is 0 Å². The van der Waals surface area contributed by atoms with E-state index in [1.807, 2.05) is 18.7 Å². The molecule has 0 bridgehead atoms. The number of nitrogens with two attached hydrogens (primary N) is 1. The Morgan fingerprint density at radius 1 is 1.56 bits per heavy atom. The van der Waals surface area contributed by atoms with Crippen molar-refractivity contribution in [3.05, 3.63) is 0 Å². The average Bonchev–Trinajstić information content (AvgIpc) is 2.82. The van der Waals surface area contributed by atoms with Gasteiger partial charge >= 0.3 is 0 Å². The molecule has 0 aromatic rings. The number of hydrogen-bond donors (Lipinski definition) is 1. The Balaban J connectivity index is 1.74. The summed E-state index contributed by atoms with van der Waals surface area (Å²) < 4.78 is 11.4. The van der Waals surface area contributed by atoms with Crippen LogP contribution in [0.15, 0.2) is 0 Å². The third kappa shape index (κ3) is 3.86. The SMILES string of the molecule is CCOCCCC(N)C1CCOC2(CCSC2)C1. The quantitative estimate of drug-likeness (QED) is 0.755. The molecule has 2 rings (SSSR count). The molecule has 2 heterocycles. The van der Waals surface area contributed by atoms with Crippen molar-refractivity contribution in [3.8, 4) is 0 Å². The summed E-state index contributed by atoms with van der Waals surface area (Å²) in [6.07, 6.45) is 5.72. The summed E-state index contributed by atoms with van der Waals surface area (Å²) in [5, 5.41) is 0. The second-order valence-electron chi connectivity index (χ2n) is 5.59. The van der Waals surface area contributed by atoms with Gasteiger partial charge < -0.3 is 15.2 Å². The van der Waals surface area contributed by atoms with Gasteiger partial charge in [0, 0.05) is 31.6 Å². The molecule has 0 aromatic carbocycles.